The van der Waals surface area contributed by atoms with Crippen LogP contribution in [0.15, 0.2) is 18.2 Å². The molecule has 1 aromatic heterocycles. The average Bonchev–Trinajstić information content (AvgIpc) is 2.79. The number of carbonyl (C=O) groups is 1. The van der Waals surface area contributed by atoms with Crippen LogP contribution < -0.4 is 10.1 Å². The summed E-state index contributed by atoms with van der Waals surface area (Å²) in [6.45, 7) is 1.71. The number of nitrogens with zero attached hydrogens (tertiary/aromatic N) is 2. The summed E-state index contributed by atoms with van der Waals surface area (Å²) in [5.41, 5.74) is 0.448. The van der Waals surface area contributed by atoms with Crippen molar-refractivity contribution in [3.05, 3.63) is 34.9 Å². The second kappa shape index (κ2) is 5.05. The van der Waals surface area contributed by atoms with Crippen LogP contribution in [0.2, 0.25) is 5.02 Å². The number of aromatic amines is 1. The third-order valence-electron chi connectivity index (χ3n) is 2.22. The molecule has 0 aliphatic rings. The smallest absolute Gasteiger partial charge is 0.295 e. The number of rotatable bonds is 3. The van der Waals surface area contributed by atoms with Crippen LogP contribution in [-0.4, -0.2) is 28.2 Å². The van der Waals surface area contributed by atoms with Gasteiger partial charge in [0.05, 0.1) is 17.8 Å². The number of hydrogen-bond donors (Lipinski definition) is 2. The van der Waals surface area contributed by atoms with Crippen molar-refractivity contribution in [2.45, 2.75) is 6.92 Å². The molecule has 2 N–H and O–H groups in total. The van der Waals surface area contributed by atoms with Gasteiger partial charge in [0.15, 0.2) is 0 Å². The fourth-order valence-electron chi connectivity index (χ4n) is 1.35. The Morgan fingerprint density at radius 1 is 1.50 bits per heavy atom. The van der Waals surface area contributed by atoms with E-state index < -0.39 is 5.91 Å². The zero-order valence-electron chi connectivity index (χ0n) is 9.82. The summed E-state index contributed by atoms with van der Waals surface area (Å²) < 4.78 is 5.05. The van der Waals surface area contributed by atoms with Crippen LogP contribution in [0.4, 0.5) is 5.69 Å². The Morgan fingerprint density at radius 2 is 2.28 bits per heavy atom. The van der Waals surface area contributed by atoms with Crippen molar-refractivity contribution in [2.24, 2.45) is 0 Å². The minimum atomic E-state index is -0.436. The summed E-state index contributed by atoms with van der Waals surface area (Å²) in [6, 6.07) is 4.97. The highest BCUT2D eigenvalue weighted by molar-refractivity contribution is 6.33. The maximum Gasteiger partial charge on any atom is 0.295 e. The van der Waals surface area contributed by atoms with Gasteiger partial charge in [-0.15, -0.1) is 5.10 Å². The summed E-state index contributed by atoms with van der Waals surface area (Å²) in [6.07, 6.45) is 0. The predicted octanol–water partition coefficient (Wildman–Crippen LogP) is 2.03. The number of anilines is 1. The number of nitrogens with one attached hydrogen (secondary N) is 2. The molecule has 0 spiro atoms. The van der Waals surface area contributed by atoms with Gasteiger partial charge in [-0.3, -0.25) is 9.89 Å². The Bertz CT molecular complexity index is 582. The van der Waals surface area contributed by atoms with Crippen LogP contribution in [0.25, 0.3) is 0 Å². The van der Waals surface area contributed by atoms with Gasteiger partial charge in [0.1, 0.15) is 11.6 Å². The number of hydrogen-bond acceptors (Lipinski definition) is 4. The summed E-state index contributed by atoms with van der Waals surface area (Å²) in [4.78, 5) is 15.7. The zero-order valence-corrected chi connectivity index (χ0v) is 10.6. The monoisotopic (exact) mass is 266 g/mol. The summed E-state index contributed by atoms with van der Waals surface area (Å²) >= 11 is 5.97. The lowest BCUT2D eigenvalue weighted by molar-refractivity contribution is 0.101. The summed E-state index contributed by atoms with van der Waals surface area (Å²) in [7, 11) is 1.54. The van der Waals surface area contributed by atoms with Crippen molar-refractivity contribution in [2.75, 3.05) is 12.4 Å². The van der Waals surface area contributed by atoms with Gasteiger partial charge in [-0.05, 0) is 19.1 Å². The molecule has 94 valence electrons. The molecule has 1 heterocycles. The highest BCUT2D eigenvalue weighted by Gasteiger charge is 2.13. The first-order chi connectivity index (χ1) is 8.60. The molecule has 6 nitrogen and oxygen atoms in total. The van der Waals surface area contributed by atoms with Gasteiger partial charge >= 0.3 is 0 Å². The standard InChI is InChI=1S/C11H11ClN4O2/c1-6-13-10(16-15-6)11(17)14-9-5-7(18-2)3-4-8(9)12/h3-5H,1-2H3,(H,14,17)(H,13,15,16). The molecule has 0 unspecified atom stereocenters. The number of benzene rings is 1. The highest BCUT2D eigenvalue weighted by atomic mass is 35.5. The maximum atomic E-state index is 11.8. The van der Waals surface area contributed by atoms with Crippen LogP contribution in [0.3, 0.4) is 0 Å². The molecule has 0 atom stereocenters. The molecule has 18 heavy (non-hydrogen) atoms. The third-order valence-corrected chi connectivity index (χ3v) is 2.55. The number of H-pyrrole nitrogens is 1. The number of ether oxygens (including phenoxy) is 1. The van der Waals surface area contributed by atoms with E-state index in [9.17, 15) is 4.79 Å². The van der Waals surface area contributed by atoms with Crippen LogP contribution in [0.1, 0.15) is 16.4 Å². The molecule has 1 aromatic carbocycles. The molecule has 0 aliphatic heterocycles. The summed E-state index contributed by atoms with van der Waals surface area (Å²) in [5, 5.41) is 9.39. The molecular weight excluding hydrogens is 256 g/mol. The fourth-order valence-corrected chi connectivity index (χ4v) is 1.51. The average molecular weight is 267 g/mol. The van der Waals surface area contributed by atoms with E-state index in [4.69, 9.17) is 16.3 Å². The first-order valence-electron chi connectivity index (χ1n) is 5.14. The summed E-state index contributed by atoms with van der Waals surface area (Å²) in [5.74, 6) is 0.790. The van der Waals surface area contributed by atoms with Gasteiger partial charge in [0.25, 0.3) is 5.91 Å². The molecule has 2 aromatic rings. The lowest BCUT2D eigenvalue weighted by Crippen LogP contribution is -2.14. The fraction of sp³-hybridized carbons (Fsp3) is 0.182. The topological polar surface area (TPSA) is 79.9 Å². The van der Waals surface area contributed by atoms with Gasteiger partial charge in [-0.1, -0.05) is 11.6 Å². The number of halogens is 1. The largest absolute Gasteiger partial charge is 0.497 e. The van der Waals surface area contributed by atoms with E-state index >= 15 is 0 Å². The maximum absolute atomic E-state index is 11.8. The van der Waals surface area contributed by atoms with Gasteiger partial charge in [0.2, 0.25) is 5.82 Å². The van der Waals surface area contributed by atoms with E-state index in [1.54, 1.807) is 25.1 Å². The van der Waals surface area contributed by atoms with Gasteiger partial charge in [-0.25, -0.2) is 4.98 Å². The minimum Gasteiger partial charge on any atom is -0.497 e. The van der Waals surface area contributed by atoms with Crippen molar-refractivity contribution in [1.82, 2.24) is 15.2 Å². The Hall–Kier alpha value is -2.08. The predicted molar refractivity (Wildman–Crippen MR) is 67.1 cm³/mol. The lowest BCUT2D eigenvalue weighted by atomic mass is 10.3. The number of amides is 1. The molecule has 7 heteroatoms. The second-order valence-electron chi connectivity index (χ2n) is 3.54. The molecule has 0 fully saturated rings. The Kier molecular flexibility index (Phi) is 3.47. The molecule has 0 saturated carbocycles. The van der Waals surface area contributed by atoms with Crippen LogP contribution in [-0.2, 0) is 0 Å². The minimum absolute atomic E-state index is 0.0615. The Labute approximate surface area is 108 Å². The quantitative estimate of drug-likeness (QED) is 0.891. The van der Waals surface area contributed by atoms with Crippen molar-refractivity contribution >= 4 is 23.2 Å². The van der Waals surface area contributed by atoms with E-state index in [1.807, 2.05) is 0 Å². The van der Waals surface area contributed by atoms with Gasteiger partial charge in [0, 0.05) is 6.07 Å². The SMILES string of the molecule is COc1ccc(Cl)c(NC(=O)c2n[nH]c(C)n2)c1. The van der Waals surface area contributed by atoms with E-state index in [1.165, 1.54) is 7.11 Å². The first kappa shape index (κ1) is 12.4. The van der Waals surface area contributed by atoms with E-state index in [-0.39, 0.29) is 5.82 Å². The molecule has 0 aliphatic carbocycles. The first-order valence-corrected chi connectivity index (χ1v) is 5.52. The number of carbonyl (C=O) groups excluding carboxylic acids is 1. The zero-order chi connectivity index (χ0) is 13.1. The number of methoxy groups -OCH3 is 1. The van der Waals surface area contributed by atoms with E-state index in [0.717, 1.165) is 0 Å². The molecule has 0 saturated heterocycles. The molecular formula is C11H11ClN4O2. The molecule has 0 radical (unpaired) electrons. The van der Waals surface area contributed by atoms with Gasteiger partial charge in [-0.2, -0.15) is 0 Å². The van der Waals surface area contributed by atoms with E-state index in [2.05, 4.69) is 20.5 Å². The van der Waals surface area contributed by atoms with Crippen LogP contribution >= 0.6 is 11.6 Å². The van der Waals surface area contributed by atoms with Gasteiger partial charge < -0.3 is 10.1 Å². The van der Waals surface area contributed by atoms with Crippen LogP contribution in [0, 0.1) is 6.92 Å². The normalized spacial score (nSPS) is 10.2. The van der Waals surface area contributed by atoms with E-state index in [0.29, 0.717) is 22.3 Å². The molecule has 0 bridgehead atoms. The Balaban J connectivity index is 2.21. The van der Waals surface area contributed by atoms with Crippen molar-refractivity contribution in [1.29, 1.82) is 0 Å². The Morgan fingerprint density at radius 3 is 2.89 bits per heavy atom. The van der Waals surface area contributed by atoms with Crippen molar-refractivity contribution in [3.63, 3.8) is 0 Å². The third kappa shape index (κ3) is 2.60. The van der Waals surface area contributed by atoms with Crippen molar-refractivity contribution < 1.29 is 9.53 Å². The number of aromatic nitrogens is 3. The second-order valence-corrected chi connectivity index (χ2v) is 3.95. The highest BCUT2D eigenvalue weighted by Crippen LogP contribution is 2.26. The number of aryl methyl sites for hydroxylation is 1. The van der Waals surface area contributed by atoms with Crippen LogP contribution in [0.5, 0.6) is 5.75 Å². The van der Waals surface area contributed by atoms with Crippen molar-refractivity contribution in [3.8, 4) is 5.75 Å². The molecule has 2 rings (SSSR count). The lowest BCUT2D eigenvalue weighted by Gasteiger charge is -2.07. The molecule has 1 amide bonds.